The Balaban J connectivity index is -0.000000420. The molecule has 2 saturated heterocycles. The van der Waals surface area contributed by atoms with E-state index in [1.54, 1.807) is 7.11 Å². The summed E-state index contributed by atoms with van der Waals surface area (Å²) in [5, 5.41) is 18.7. The molecule has 150 valence electrons. The van der Waals surface area contributed by atoms with E-state index in [0.717, 1.165) is 13.1 Å². The summed E-state index contributed by atoms with van der Waals surface area (Å²) in [6, 6.07) is 0. The predicted octanol–water partition coefficient (Wildman–Crippen LogP) is -4.15. The number of hydrogen-bond donors (Lipinski definition) is 2. The van der Waals surface area contributed by atoms with Crippen LogP contribution in [-0.2, 0) is 14.2 Å². The molecule has 0 bridgehead atoms. The van der Waals surface area contributed by atoms with Crippen LogP contribution in [0.5, 0.6) is 0 Å². The molecular formula is C16H36AlLiN2O6. The molecule has 26 heavy (non-hydrogen) atoms. The minimum absolute atomic E-state index is 0. The maximum atomic E-state index is 11.6. The first-order valence-electron chi connectivity index (χ1n) is 8.15. The van der Waals surface area contributed by atoms with Crippen LogP contribution in [-0.4, -0.2) is 121 Å². The van der Waals surface area contributed by atoms with E-state index in [0.29, 0.717) is 6.54 Å². The van der Waals surface area contributed by atoms with Crippen molar-refractivity contribution in [2.24, 2.45) is 0 Å². The molecule has 10 heteroatoms. The van der Waals surface area contributed by atoms with Gasteiger partial charge in [-0.1, -0.05) is 0 Å². The summed E-state index contributed by atoms with van der Waals surface area (Å²) in [6.07, 6.45) is -1.60. The van der Waals surface area contributed by atoms with Gasteiger partial charge in [-0.05, 0) is 27.8 Å². The van der Waals surface area contributed by atoms with E-state index < -0.39 is 17.8 Å². The van der Waals surface area contributed by atoms with E-state index in [2.05, 4.69) is 4.90 Å². The van der Waals surface area contributed by atoms with Crippen LogP contribution < -0.4 is 18.9 Å². The van der Waals surface area contributed by atoms with Gasteiger partial charge in [0.25, 0.3) is 0 Å². The second kappa shape index (κ2) is 12.6. The molecule has 0 aromatic rings. The Kier molecular flexibility index (Phi) is 13.8. The van der Waals surface area contributed by atoms with Gasteiger partial charge < -0.3 is 35.7 Å². The molecule has 2 aliphatic heterocycles. The third kappa shape index (κ3) is 9.41. The molecule has 2 N–H and O–H groups in total. The monoisotopic (exact) mass is 386 g/mol. The zero-order valence-corrected chi connectivity index (χ0v) is 16.6. The average Bonchev–Trinajstić information content (AvgIpc) is 2.99. The summed E-state index contributed by atoms with van der Waals surface area (Å²) in [4.78, 5) is 15.1. The number of rotatable bonds is 2. The first-order chi connectivity index (χ1) is 11.1. The molecule has 0 spiro atoms. The van der Waals surface area contributed by atoms with Crippen LogP contribution in [0.3, 0.4) is 0 Å². The van der Waals surface area contributed by atoms with Crippen molar-refractivity contribution >= 4 is 23.5 Å². The number of nitrogens with zero attached hydrogens (tertiary/aromatic N) is 2. The SMILES string of the molecule is CO[C@H]1CN(C(=O)OC(C)(C)C)C[C@@H]1O.CO[C@H]1CN(C)C[C@@H]1O.[AlH3].[H-].[Li+]. The number of likely N-dealkylation sites (N-methyl/N-ethyl adjacent to an activating group) is 1. The van der Waals surface area contributed by atoms with Crippen molar-refractivity contribution < 1.29 is 49.5 Å². The molecule has 2 aliphatic rings. The fraction of sp³-hybridized carbons (Fsp3) is 0.938. The van der Waals surface area contributed by atoms with E-state index >= 15 is 0 Å². The van der Waals surface area contributed by atoms with E-state index in [1.807, 2.05) is 27.8 Å². The van der Waals surface area contributed by atoms with Crippen molar-refractivity contribution in [3.8, 4) is 0 Å². The van der Waals surface area contributed by atoms with Crippen LogP contribution >= 0.6 is 0 Å². The maximum Gasteiger partial charge on any atom is 1.00 e. The Morgan fingerprint density at radius 3 is 1.77 bits per heavy atom. The molecule has 0 saturated carbocycles. The predicted molar refractivity (Wildman–Crippen MR) is 100.0 cm³/mol. The Morgan fingerprint density at radius 2 is 1.46 bits per heavy atom. The van der Waals surface area contributed by atoms with E-state index in [9.17, 15) is 15.0 Å². The smallest absolute Gasteiger partial charge is 1.00 e. The fourth-order valence-electron chi connectivity index (χ4n) is 2.64. The minimum Gasteiger partial charge on any atom is -1.00 e. The topological polar surface area (TPSA) is 91.7 Å². The molecular weight excluding hydrogens is 350 g/mol. The molecule has 2 heterocycles. The van der Waals surface area contributed by atoms with Gasteiger partial charge in [0, 0.05) is 27.3 Å². The van der Waals surface area contributed by atoms with Crippen molar-refractivity contribution in [3.63, 3.8) is 0 Å². The van der Waals surface area contributed by atoms with Gasteiger partial charge in [-0.15, -0.1) is 0 Å². The molecule has 2 fully saturated rings. The Bertz CT molecular complexity index is 419. The molecule has 0 aromatic heterocycles. The van der Waals surface area contributed by atoms with Crippen LogP contribution in [0.2, 0.25) is 0 Å². The number of aliphatic hydroxyl groups is 2. The van der Waals surface area contributed by atoms with Crippen LogP contribution in [0.1, 0.15) is 22.2 Å². The standard InChI is InChI=1S/C10H19NO4.C6H13NO2.Al.Li.4H/c1-10(2,3)15-9(13)11-5-7(12)8(6-11)14-4;1-7-3-5(8)6(4-7)9-2;;;;;;/h7-8,12H,5-6H2,1-4H3;5-6,8H,3-4H2,1-2H3;;;;;;/q;;;+1;;;;-1/t7-,8-;5-,6-;;;;;;/m00....../s1. The number of aliphatic hydroxyl groups excluding tert-OH is 2. The number of hydrogen-bond acceptors (Lipinski definition) is 7. The number of methoxy groups -OCH3 is 2. The molecule has 2 rings (SSSR count). The van der Waals surface area contributed by atoms with Crippen molar-refractivity contribution in [2.75, 3.05) is 47.4 Å². The quantitative estimate of drug-likeness (QED) is 0.466. The Labute approximate surface area is 180 Å². The van der Waals surface area contributed by atoms with Crippen LogP contribution in [0.25, 0.3) is 0 Å². The number of amides is 1. The van der Waals surface area contributed by atoms with Gasteiger partial charge in [0.15, 0.2) is 17.4 Å². The first-order valence-corrected chi connectivity index (χ1v) is 8.15. The molecule has 0 aliphatic carbocycles. The summed E-state index contributed by atoms with van der Waals surface area (Å²) < 4.78 is 15.2. The van der Waals surface area contributed by atoms with Gasteiger partial charge in [0.2, 0.25) is 0 Å². The second-order valence-corrected chi connectivity index (χ2v) is 7.29. The second-order valence-electron chi connectivity index (χ2n) is 7.29. The van der Waals surface area contributed by atoms with Crippen LogP contribution in [0.4, 0.5) is 4.79 Å². The number of carbonyl (C=O) groups is 1. The van der Waals surface area contributed by atoms with Gasteiger partial charge in [0.1, 0.15) is 11.7 Å². The van der Waals surface area contributed by atoms with Crippen molar-refractivity contribution in [1.82, 2.24) is 9.80 Å². The summed E-state index contributed by atoms with van der Waals surface area (Å²) in [5.74, 6) is 0. The molecule has 0 radical (unpaired) electrons. The van der Waals surface area contributed by atoms with Crippen molar-refractivity contribution in [3.05, 3.63) is 0 Å². The van der Waals surface area contributed by atoms with Crippen LogP contribution in [0, 0.1) is 0 Å². The molecule has 4 atom stereocenters. The van der Waals surface area contributed by atoms with Crippen LogP contribution in [0.15, 0.2) is 0 Å². The Hall–Kier alpha value is 0.200. The summed E-state index contributed by atoms with van der Waals surface area (Å²) >= 11 is 0. The average molecular weight is 386 g/mol. The number of likely N-dealkylation sites (tertiary alicyclic amines) is 2. The summed E-state index contributed by atoms with van der Waals surface area (Å²) in [6.45, 7) is 7.66. The van der Waals surface area contributed by atoms with E-state index in [1.165, 1.54) is 12.0 Å². The van der Waals surface area contributed by atoms with Gasteiger partial charge in [-0.3, -0.25) is 0 Å². The van der Waals surface area contributed by atoms with Gasteiger partial charge >= 0.3 is 25.0 Å². The first kappa shape index (κ1) is 28.4. The fourth-order valence-corrected chi connectivity index (χ4v) is 2.64. The van der Waals surface area contributed by atoms with Crippen molar-refractivity contribution in [1.29, 1.82) is 0 Å². The molecule has 0 unspecified atom stereocenters. The molecule has 1 amide bonds. The number of β-amino-alcohol motifs (C(OH)–C–C–N with tert-alkyl or cyclic N) is 2. The zero-order valence-electron chi connectivity index (χ0n) is 17.6. The normalized spacial score (nSPS) is 28.5. The van der Waals surface area contributed by atoms with Crippen molar-refractivity contribution in [2.45, 2.75) is 50.8 Å². The number of carbonyl (C=O) groups excluding carboxylic acids is 1. The summed E-state index contributed by atoms with van der Waals surface area (Å²) in [7, 11) is 5.13. The minimum atomic E-state index is -0.623. The van der Waals surface area contributed by atoms with Gasteiger partial charge in [-0.2, -0.15) is 0 Å². The maximum absolute atomic E-state index is 11.6. The third-order valence-corrected chi connectivity index (χ3v) is 3.91. The largest absolute Gasteiger partial charge is 1.00 e. The molecule has 8 nitrogen and oxygen atoms in total. The zero-order chi connectivity index (χ0) is 18.5. The molecule has 0 aromatic carbocycles. The van der Waals surface area contributed by atoms with E-state index in [-0.39, 0.29) is 62.5 Å². The van der Waals surface area contributed by atoms with Gasteiger partial charge in [0.05, 0.1) is 31.4 Å². The third-order valence-electron chi connectivity index (χ3n) is 3.91. The summed E-state index contributed by atoms with van der Waals surface area (Å²) in [5.41, 5.74) is -0.507. The van der Waals surface area contributed by atoms with E-state index in [4.69, 9.17) is 14.2 Å². The van der Waals surface area contributed by atoms with Gasteiger partial charge in [-0.25, -0.2) is 4.79 Å². The Morgan fingerprint density at radius 1 is 1.00 bits per heavy atom. The number of ether oxygens (including phenoxy) is 3.